The number of carbonyl (C=O) groups is 1. The number of carbonyl (C=O) groups excluding carboxylic acids is 1. The zero-order valence-corrected chi connectivity index (χ0v) is 15.1. The lowest BCUT2D eigenvalue weighted by molar-refractivity contribution is 0.256. The van der Waals surface area contributed by atoms with Crippen LogP contribution >= 0.6 is 0 Å². The summed E-state index contributed by atoms with van der Waals surface area (Å²) in [5.74, 6) is -0.629. The molecule has 1 aliphatic heterocycles. The molecular weight excluding hydrogens is 357 g/mol. The van der Waals surface area contributed by atoms with Crippen LogP contribution in [0.2, 0.25) is 0 Å². The number of aryl methyl sites for hydroxylation is 1. The summed E-state index contributed by atoms with van der Waals surface area (Å²) in [6.07, 6.45) is 2.13. The molecule has 26 heavy (non-hydrogen) atoms. The van der Waals surface area contributed by atoms with E-state index < -0.39 is 21.9 Å². The van der Waals surface area contributed by atoms with Crippen LogP contribution in [0.1, 0.15) is 18.4 Å². The van der Waals surface area contributed by atoms with E-state index in [1.54, 1.807) is 18.2 Å². The standard InChI is InChI=1S/C18H20FN3O3S/c1-13-4-7-15(8-5-13)26(24,25)21-18(23)20-17-12-14(6-9-16(17)19)22-10-2-3-11-22/h4-9,12H,2-3,10-11H2,1H3,(H2,20,21,23). The Kier molecular flexibility index (Phi) is 5.13. The molecule has 1 heterocycles. The van der Waals surface area contributed by atoms with Gasteiger partial charge in [-0.3, -0.25) is 0 Å². The zero-order chi connectivity index (χ0) is 18.7. The molecule has 2 aromatic rings. The normalized spacial score (nSPS) is 14.3. The van der Waals surface area contributed by atoms with Gasteiger partial charge in [0.05, 0.1) is 10.6 Å². The molecule has 1 aliphatic rings. The molecule has 0 unspecified atom stereocenters. The molecule has 138 valence electrons. The van der Waals surface area contributed by atoms with E-state index in [-0.39, 0.29) is 10.6 Å². The lowest BCUT2D eigenvalue weighted by Gasteiger charge is -2.19. The van der Waals surface area contributed by atoms with Crippen molar-refractivity contribution < 1.29 is 17.6 Å². The molecule has 6 nitrogen and oxygen atoms in total. The van der Waals surface area contributed by atoms with Gasteiger partial charge < -0.3 is 10.2 Å². The quantitative estimate of drug-likeness (QED) is 0.857. The van der Waals surface area contributed by atoms with E-state index in [1.807, 2.05) is 11.6 Å². The summed E-state index contributed by atoms with van der Waals surface area (Å²) in [5.41, 5.74) is 1.63. The minimum Gasteiger partial charge on any atom is -0.371 e. The number of anilines is 2. The predicted molar refractivity (Wildman–Crippen MR) is 98.4 cm³/mol. The Morgan fingerprint density at radius 1 is 1.08 bits per heavy atom. The minimum atomic E-state index is -4.03. The van der Waals surface area contributed by atoms with Gasteiger partial charge in [0.1, 0.15) is 5.82 Å². The highest BCUT2D eigenvalue weighted by Crippen LogP contribution is 2.25. The van der Waals surface area contributed by atoms with Crippen LogP contribution in [-0.4, -0.2) is 27.5 Å². The molecule has 0 aliphatic carbocycles. The molecule has 0 atom stereocenters. The molecule has 2 N–H and O–H groups in total. The third-order valence-electron chi connectivity index (χ3n) is 4.23. The number of amides is 2. The van der Waals surface area contributed by atoms with Crippen molar-refractivity contribution in [1.82, 2.24) is 4.72 Å². The lowest BCUT2D eigenvalue weighted by atomic mass is 10.2. The fourth-order valence-electron chi connectivity index (χ4n) is 2.83. The van der Waals surface area contributed by atoms with Gasteiger partial charge >= 0.3 is 6.03 Å². The minimum absolute atomic E-state index is 0.0375. The second kappa shape index (κ2) is 7.33. The van der Waals surface area contributed by atoms with Crippen molar-refractivity contribution in [2.75, 3.05) is 23.3 Å². The highest BCUT2D eigenvalue weighted by Gasteiger charge is 2.19. The monoisotopic (exact) mass is 377 g/mol. The summed E-state index contributed by atoms with van der Waals surface area (Å²) >= 11 is 0. The molecule has 0 aromatic heterocycles. The fraction of sp³-hybridized carbons (Fsp3) is 0.278. The van der Waals surface area contributed by atoms with Crippen LogP contribution in [0.25, 0.3) is 0 Å². The van der Waals surface area contributed by atoms with Gasteiger partial charge in [0.15, 0.2) is 0 Å². The molecule has 2 amide bonds. The third-order valence-corrected chi connectivity index (χ3v) is 5.57. The van der Waals surface area contributed by atoms with Crippen molar-refractivity contribution in [1.29, 1.82) is 0 Å². The maximum absolute atomic E-state index is 14.0. The second-order valence-corrected chi connectivity index (χ2v) is 7.91. The number of halogens is 1. The van der Waals surface area contributed by atoms with Crippen LogP contribution in [0.4, 0.5) is 20.6 Å². The Morgan fingerprint density at radius 3 is 2.38 bits per heavy atom. The SMILES string of the molecule is Cc1ccc(S(=O)(=O)NC(=O)Nc2cc(N3CCCC3)ccc2F)cc1. The Bertz CT molecular complexity index is 908. The number of benzene rings is 2. The lowest BCUT2D eigenvalue weighted by Crippen LogP contribution is -2.34. The average Bonchev–Trinajstić information content (AvgIpc) is 3.11. The van der Waals surface area contributed by atoms with Gasteiger partial charge in [-0.1, -0.05) is 17.7 Å². The van der Waals surface area contributed by atoms with Gasteiger partial charge in [-0.2, -0.15) is 0 Å². The first-order valence-corrected chi connectivity index (χ1v) is 9.78. The van der Waals surface area contributed by atoms with E-state index in [1.165, 1.54) is 24.3 Å². The van der Waals surface area contributed by atoms with E-state index in [9.17, 15) is 17.6 Å². The number of sulfonamides is 1. The second-order valence-electron chi connectivity index (χ2n) is 6.23. The van der Waals surface area contributed by atoms with Gasteiger partial charge in [-0.15, -0.1) is 0 Å². The van der Waals surface area contributed by atoms with Crippen LogP contribution in [0.5, 0.6) is 0 Å². The maximum atomic E-state index is 14.0. The summed E-state index contributed by atoms with van der Waals surface area (Å²) in [6.45, 7) is 3.57. The van der Waals surface area contributed by atoms with Crippen molar-refractivity contribution in [2.24, 2.45) is 0 Å². The molecular formula is C18H20FN3O3S. The Morgan fingerprint density at radius 2 is 1.73 bits per heavy atom. The number of hydrogen-bond donors (Lipinski definition) is 2. The summed E-state index contributed by atoms with van der Waals surface area (Å²) < 4.78 is 40.4. The van der Waals surface area contributed by atoms with E-state index >= 15 is 0 Å². The van der Waals surface area contributed by atoms with Crippen molar-refractivity contribution in [3.05, 3.63) is 53.8 Å². The first-order valence-electron chi connectivity index (χ1n) is 8.30. The van der Waals surface area contributed by atoms with Crippen LogP contribution < -0.4 is 14.9 Å². The molecule has 3 rings (SSSR count). The zero-order valence-electron chi connectivity index (χ0n) is 14.3. The first-order chi connectivity index (χ1) is 12.3. The Balaban J connectivity index is 1.73. The fourth-order valence-corrected chi connectivity index (χ4v) is 3.73. The molecule has 0 bridgehead atoms. The largest absolute Gasteiger partial charge is 0.371 e. The van der Waals surface area contributed by atoms with E-state index in [4.69, 9.17) is 0 Å². The van der Waals surface area contributed by atoms with Crippen molar-refractivity contribution in [2.45, 2.75) is 24.7 Å². The van der Waals surface area contributed by atoms with Gasteiger partial charge in [-0.05, 0) is 50.1 Å². The summed E-state index contributed by atoms with van der Waals surface area (Å²) in [6, 6.07) is 9.47. The van der Waals surface area contributed by atoms with Crippen LogP contribution in [-0.2, 0) is 10.0 Å². The van der Waals surface area contributed by atoms with Gasteiger partial charge in [0, 0.05) is 18.8 Å². The Hall–Kier alpha value is -2.61. The van der Waals surface area contributed by atoms with Crippen molar-refractivity contribution in [3.8, 4) is 0 Å². The van der Waals surface area contributed by atoms with Crippen LogP contribution in [0.15, 0.2) is 47.4 Å². The maximum Gasteiger partial charge on any atom is 0.333 e. The number of nitrogens with zero attached hydrogens (tertiary/aromatic N) is 1. The Labute approximate surface area is 152 Å². The van der Waals surface area contributed by atoms with Gasteiger partial charge in [-0.25, -0.2) is 22.3 Å². The third kappa shape index (κ3) is 4.13. The average molecular weight is 377 g/mol. The molecule has 0 spiro atoms. The van der Waals surface area contributed by atoms with E-state index in [0.717, 1.165) is 37.2 Å². The highest BCUT2D eigenvalue weighted by molar-refractivity contribution is 7.90. The number of urea groups is 1. The van der Waals surface area contributed by atoms with E-state index in [2.05, 4.69) is 10.2 Å². The molecule has 1 fully saturated rings. The number of hydrogen-bond acceptors (Lipinski definition) is 4. The molecule has 0 radical (unpaired) electrons. The van der Waals surface area contributed by atoms with E-state index in [0.29, 0.717) is 0 Å². The van der Waals surface area contributed by atoms with Crippen molar-refractivity contribution in [3.63, 3.8) is 0 Å². The van der Waals surface area contributed by atoms with Crippen LogP contribution in [0, 0.1) is 12.7 Å². The van der Waals surface area contributed by atoms with Gasteiger partial charge in [0.2, 0.25) is 0 Å². The van der Waals surface area contributed by atoms with Gasteiger partial charge in [0.25, 0.3) is 10.0 Å². The summed E-state index contributed by atoms with van der Waals surface area (Å²) in [7, 11) is -4.03. The molecule has 2 aromatic carbocycles. The molecule has 0 saturated carbocycles. The summed E-state index contributed by atoms with van der Waals surface area (Å²) in [5, 5.41) is 2.28. The number of nitrogens with one attached hydrogen (secondary N) is 2. The first kappa shape index (κ1) is 18.2. The topological polar surface area (TPSA) is 78.5 Å². The highest BCUT2D eigenvalue weighted by atomic mass is 32.2. The number of rotatable bonds is 4. The molecule has 1 saturated heterocycles. The predicted octanol–water partition coefficient (Wildman–Crippen LogP) is 3.24. The molecule has 8 heteroatoms. The van der Waals surface area contributed by atoms with Crippen molar-refractivity contribution >= 4 is 27.4 Å². The summed E-state index contributed by atoms with van der Waals surface area (Å²) in [4.78, 5) is 14.1. The van der Waals surface area contributed by atoms with Crippen LogP contribution in [0.3, 0.4) is 0 Å². The smallest absolute Gasteiger partial charge is 0.333 e.